The standard InChI is InChI=1S/C13H15F2NO3/c1-17-9-4-8(12(7-16)6-13(12,14)15)5-10-11(9)19-3-2-18-10/h4-5H,2-3,6-7,16H2,1H3. The molecule has 0 bridgehead atoms. The molecule has 6 heteroatoms. The van der Waals surface area contributed by atoms with Gasteiger partial charge in [-0.3, -0.25) is 0 Å². The first-order valence-electron chi connectivity index (χ1n) is 6.10. The molecule has 2 aliphatic rings. The van der Waals surface area contributed by atoms with Crippen molar-refractivity contribution in [1.29, 1.82) is 0 Å². The van der Waals surface area contributed by atoms with Crippen LogP contribution in [0.4, 0.5) is 8.78 Å². The molecule has 1 heterocycles. The predicted octanol–water partition coefficient (Wildman–Crippen LogP) is 1.70. The average molecular weight is 271 g/mol. The number of fused-ring (bicyclic) bond motifs is 1. The Hall–Kier alpha value is -1.56. The highest BCUT2D eigenvalue weighted by Crippen LogP contribution is 2.62. The van der Waals surface area contributed by atoms with Gasteiger partial charge in [0.1, 0.15) is 13.2 Å². The summed E-state index contributed by atoms with van der Waals surface area (Å²) in [7, 11) is 1.47. The van der Waals surface area contributed by atoms with Gasteiger partial charge >= 0.3 is 0 Å². The highest BCUT2D eigenvalue weighted by Gasteiger charge is 2.71. The Morgan fingerprint density at radius 1 is 1.32 bits per heavy atom. The van der Waals surface area contributed by atoms with Crippen molar-refractivity contribution in [2.45, 2.75) is 17.8 Å². The summed E-state index contributed by atoms with van der Waals surface area (Å²) in [5.41, 5.74) is 4.70. The Labute approximate surface area is 109 Å². The van der Waals surface area contributed by atoms with Gasteiger partial charge in [-0.1, -0.05) is 0 Å². The average Bonchev–Trinajstić information content (AvgIpc) is 3.01. The van der Waals surface area contributed by atoms with E-state index in [1.807, 2.05) is 0 Å². The van der Waals surface area contributed by atoms with E-state index in [1.54, 1.807) is 12.1 Å². The molecule has 4 nitrogen and oxygen atoms in total. The minimum Gasteiger partial charge on any atom is -0.493 e. The van der Waals surface area contributed by atoms with Gasteiger partial charge in [0.15, 0.2) is 11.5 Å². The summed E-state index contributed by atoms with van der Waals surface area (Å²) in [6.45, 7) is 0.704. The van der Waals surface area contributed by atoms with Gasteiger partial charge < -0.3 is 19.9 Å². The van der Waals surface area contributed by atoms with Gasteiger partial charge in [0.05, 0.1) is 12.5 Å². The molecule has 1 aromatic rings. The van der Waals surface area contributed by atoms with Gasteiger partial charge in [-0.25, -0.2) is 8.78 Å². The Kier molecular flexibility index (Phi) is 2.60. The van der Waals surface area contributed by atoms with Crippen LogP contribution < -0.4 is 19.9 Å². The summed E-state index contributed by atoms with van der Waals surface area (Å²) < 4.78 is 43.3. The summed E-state index contributed by atoms with van der Waals surface area (Å²) in [6.07, 6.45) is -0.237. The fraction of sp³-hybridized carbons (Fsp3) is 0.538. The molecule has 19 heavy (non-hydrogen) atoms. The molecule has 0 spiro atoms. The third kappa shape index (κ3) is 1.66. The monoisotopic (exact) mass is 271 g/mol. The predicted molar refractivity (Wildman–Crippen MR) is 64.3 cm³/mol. The summed E-state index contributed by atoms with van der Waals surface area (Å²) in [5, 5.41) is 0. The molecule has 0 saturated heterocycles. The lowest BCUT2D eigenvalue weighted by Gasteiger charge is -2.23. The Bertz CT molecular complexity index is 504. The van der Waals surface area contributed by atoms with Gasteiger partial charge in [-0.2, -0.15) is 0 Å². The number of rotatable bonds is 3. The third-order valence-electron chi connectivity index (χ3n) is 3.83. The van der Waals surface area contributed by atoms with Crippen molar-refractivity contribution in [3.63, 3.8) is 0 Å². The summed E-state index contributed by atoms with van der Waals surface area (Å²) in [4.78, 5) is 0. The molecule has 1 fully saturated rings. The lowest BCUT2D eigenvalue weighted by Crippen LogP contribution is -2.27. The van der Waals surface area contributed by atoms with Crippen LogP contribution in [0.25, 0.3) is 0 Å². The molecule has 1 atom stereocenters. The van der Waals surface area contributed by atoms with E-state index in [9.17, 15) is 8.78 Å². The van der Waals surface area contributed by atoms with Crippen molar-refractivity contribution in [2.75, 3.05) is 26.9 Å². The Balaban J connectivity index is 2.09. The SMILES string of the molecule is COc1cc(C2(CN)CC2(F)F)cc2c1OCCO2. The molecule has 1 saturated carbocycles. The fourth-order valence-corrected chi connectivity index (χ4v) is 2.54. The number of halogens is 2. The number of benzene rings is 1. The molecule has 3 rings (SSSR count). The fourth-order valence-electron chi connectivity index (χ4n) is 2.54. The van der Waals surface area contributed by atoms with Gasteiger partial charge in [0, 0.05) is 13.0 Å². The molecule has 2 N–H and O–H groups in total. The maximum absolute atomic E-state index is 13.6. The van der Waals surface area contributed by atoms with E-state index in [4.69, 9.17) is 19.9 Å². The molecule has 1 aromatic carbocycles. The molecule has 0 radical (unpaired) electrons. The van der Waals surface area contributed by atoms with Crippen LogP contribution in [0.2, 0.25) is 0 Å². The topological polar surface area (TPSA) is 53.7 Å². The smallest absolute Gasteiger partial charge is 0.260 e. The highest BCUT2D eigenvalue weighted by molar-refractivity contribution is 5.58. The van der Waals surface area contributed by atoms with E-state index in [1.165, 1.54) is 7.11 Å². The molecule has 1 aliphatic heterocycles. The molecule has 0 aromatic heterocycles. The molecular formula is C13H15F2NO3. The van der Waals surface area contributed by atoms with E-state index in [0.29, 0.717) is 36.0 Å². The van der Waals surface area contributed by atoms with Crippen molar-refractivity contribution in [2.24, 2.45) is 5.73 Å². The van der Waals surface area contributed by atoms with Crippen molar-refractivity contribution >= 4 is 0 Å². The summed E-state index contributed by atoms with van der Waals surface area (Å²) >= 11 is 0. The quantitative estimate of drug-likeness (QED) is 0.909. The Morgan fingerprint density at radius 2 is 2.00 bits per heavy atom. The summed E-state index contributed by atoms with van der Waals surface area (Å²) in [6, 6.07) is 3.16. The van der Waals surface area contributed by atoms with Crippen LogP contribution in [-0.4, -0.2) is 32.8 Å². The second kappa shape index (κ2) is 3.96. The van der Waals surface area contributed by atoms with Crippen molar-refractivity contribution in [3.8, 4) is 17.2 Å². The van der Waals surface area contributed by atoms with Crippen molar-refractivity contribution < 1.29 is 23.0 Å². The number of methoxy groups -OCH3 is 1. The normalized spacial score (nSPS) is 26.9. The van der Waals surface area contributed by atoms with Crippen LogP contribution in [0.1, 0.15) is 12.0 Å². The van der Waals surface area contributed by atoms with Crippen LogP contribution >= 0.6 is 0 Å². The minimum absolute atomic E-state index is 0.108. The van der Waals surface area contributed by atoms with E-state index >= 15 is 0 Å². The zero-order valence-corrected chi connectivity index (χ0v) is 10.5. The number of nitrogens with two attached hydrogens (primary N) is 1. The first-order valence-corrected chi connectivity index (χ1v) is 6.10. The maximum Gasteiger partial charge on any atom is 0.260 e. The number of hydrogen-bond donors (Lipinski definition) is 1. The largest absolute Gasteiger partial charge is 0.493 e. The van der Waals surface area contributed by atoms with Crippen LogP contribution in [0.3, 0.4) is 0 Å². The lowest BCUT2D eigenvalue weighted by atomic mass is 9.94. The maximum atomic E-state index is 13.6. The zero-order chi connectivity index (χ0) is 13.7. The van der Waals surface area contributed by atoms with Crippen LogP contribution in [0, 0.1) is 0 Å². The van der Waals surface area contributed by atoms with Crippen LogP contribution in [0.5, 0.6) is 17.2 Å². The second-order valence-corrected chi connectivity index (χ2v) is 4.87. The van der Waals surface area contributed by atoms with Crippen LogP contribution in [-0.2, 0) is 5.41 Å². The van der Waals surface area contributed by atoms with E-state index in [-0.39, 0.29) is 13.0 Å². The first-order chi connectivity index (χ1) is 9.04. The zero-order valence-electron chi connectivity index (χ0n) is 10.5. The number of hydrogen-bond acceptors (Lipinski definition) is 4. The number of alkyl halides is 2. The van der Waals surface area contributed by atoms with Gasteiger partial charge in [0.2, 0.25) is 5.75 Å². The molecular weight excluding hydrogens is 256 g/mol. The molecule has 1 unspecified atom stereocenters. The Morgan fingerprint density at radius 3 is 2.58 bits per heavy atom. The third-order valence-corrected chi connectivity index (χ3v) is 3.83. The van der Waals surface area contributed by atoms with Crippen molar-refractivity contribution in [1.82, 2.24) is 0 Å². The molecule has 104 valence electrons. The molecule has 0 amide bonds. The lowest BCUT2D eigenvalue weighted by molar-refractivity contribution is 0.0893. The molecule has 1 aliphatic carbocycles. The second-order valence-electron chi connectivity index (χ2n) is 4.87. The van der Waals surface area contributed by atoms with Gasteiger partial charge in [-0.15, -0.1) is 0 Å². The van der Waals surface area contributed by atoms with E-state index < -0.39 is 11.3 Å². The van der Waals surface area contributed by atoms with Crippen LogP contribution in [0.15, 0.2) is 12.1 Å². The van der Waals surface area contributed by atoms with Crippen molar-refractivity contribution in [3.05, 3.63) is 17.7 Å². The number of ether oxygens (including phenoxy) is 3. The van der Waals surface area contributed by atoms with E-state index in [0.717, 1.165) is 0 Å². The highest BCUT2D eigenvalue weighted by atomic mass is 19.3. The summed E-state index contributed by atoms with van der Waals surface area (Å²) in [5.74, 6) is -1.45. The van der Waals surface area contributed by atoms with Gasteiger partial charge in [0.25, 0.3) is 5.92 Å². The van der Waals surface area contributed by atoms with E-state index in [2.05, 4.69) is 0 Å². The first kappa shape index (κ1) is 12.5. The minimum atomic E-state index is -2.77. The van der Waals surface area contributed by atoms with Gasteiger partial charge in [-0.05, 0) is 17.7 Å².